The number of pyridine rings is 2. The van der Waals surface area contributed by atoms with E-state index >= 15 is 0 Å². The van der Waals surface area contributed by atoms with Crippen molar-refractivity contribution in [1.29, 1.82) is 0 Å². The van der Waals surface area contributed by atoms with E-state index in [-0.39, 0.29) is 0 Å². The van der Waals surface area contributed by atoms with Gasteiger partial charge in [0.05, 0.1) is 0 Å². The quantitative estimate of drug-likeness (QED) is 0.721. The Kier molecular flexibility index (Phi) is 3.75. The van der Waals surface area contributed by atoms with E-state index in [1.807, 2.05) is 42.9 Å². The summed E-state index contributed by atoms with van der Waals surface area (Å²) in [5, 5.41) is 3.08. The largest absolute Gasteiger partial charge is 0.368 e. The van der Waals surface area contributed by atoms with Gasteiger partial charge < -0.3 is 9.80 Å². The van der Waals surface area contributed by atoms with Crippen molar-refractivity contribution < 1.29 is 0 Å². The van der Waals surface area contributed by atoms with E-state index < -0.39 is 0 Å². The number of piperazine rings is 1. The van der Waals surface area contributed by atoms with Crippen LogP contribution in [0.4, 0.5) is 11.5 Å². The number of anilines is 2. The molecule has 0 amide bonds. The lowest BCUT2D eigenvalue weighted by Gasteiger charge is -2.37. The molecule has 0 N–H and O–H groups in total. The molecule has 0 atom stereocenters. The van der Waals surface area contributed by atoms with Crippen LogP contribution in [0, 0.1) is 0 Å². The second-order valence-electron chi connectivity index (χ2n) is 5.68. The third-order valence-electron chi connectivity index (χ3n) is 4.31. The van der Waals surface area contributed by atoms with Crippen LogP contribution in [0.25, 0.3) is 10.8 Å². The summed E-state index contributed by atoms with van der Waals surface area (Å²) in [5.74, 6) is 1.06. The lowest BCUT2D eigenvalue weighted by molar-refractivity contribution is 0.649. The maximum Gasteiger partial charge on any atom is 0.136 e. The first kappa shape index (κ1) is 14.3. The number of nitrogens with zero attached hydrogens (tertiary/aromatic N) is 4. The highest BCUT2D eigenvalue weighted by atomic mass is 35.5. The molecule has 3 aromatic rings. The SMILES string of the molecule is Clc1ccc(N2CCN(c3nccc4cnccc34)CC2)cc1. The number of rotatable bonds is 2. The Morgan fingerprint density at radius 3 is 2.35 bits per heavy atom. The fraction of sp³-hybridized carbons (Fsp3) is 0.222. The van der Waals surface area contributed by atoms with E-state index in [0.29, 0.717) is 0 Å². The van der Waals surface area contributed by atoms with Gasteiger partial charge in [0.1, 0.15) is 5.82 Å². The average Bonchev–Trinajstić information content (AvgIpc) is 2.62. The second kappa shape index (κ2) is 6.05. The summed E-state index contributed by atoms with van der Waals surface area (Å²) in [6, 6.07) is 12.1. The number of hydrogen-bond acceptors (Lipinski definition) is 4. The molecule has 0 bridgehead atoms. The minimum atomic E-state index is 0.779. The minimum Gasteiger partial charge on any atom is -0.368 e. The number of halogens is 1. The lowest BCUT2D eigenvalue weighted by Crippen LogP contribution is -2.46. The summed E-state index contributed by atoms with van der Waals surface area (Å²) < 4.78 is 0. The number of benzene rings is 1. The van der Waals surface area contributed by atoms with Gasteiger partial charge in [-0.2, -0.15) is 0 Å². The molecular weight excluding hydrogens is 308 g/mol. The molecule has 1 aliphatic rings. The van der Waals surface area contributed by atoms with Gasteiger partial charge in [0.2, 0.25) is 0 Å². The number of aromatic nitrogens is 2. The van der Waals surface area contributed by atoms with E-state index in [4.69, 9.17) is 11.6 Å². The Bertz CT molecular complexity index is 805. The topological polar surface area (TPSA) is 32.3 Å². The van der Waals surface area contributed by atoms with Crippen LogP contribution in [0.3, 0.4) is 0 Å². The summed E-state index contributed by atoms with van der Waals surface area (Å²) in [5.41, 5.74) is 1.23. The highest BCUT2D eigenvalue weighted by Gasteiger charge is 2.19. The van der Waals surface area contributed by atoms with Crippen LogP contribution in [-0.2, 0) is 0 Å². The first-order valence-corrected chi connectivity index (χ1v) is 8.13. The first-order chi connectivity index (χ1) is 11.3. The van der Waals surface area contributed by atoms with Gasteiger partial charge in [0.15, 0.2) is 0 Å². The zero-order chi connectivity index (χ0) is 15.6. The summed E-state index contributed by atoms with van der Waals surface area (Å²) in [7, 11) is 0. The molecule has 1 aliphatic heterocycles. The van der Waals surface area contributed by atoms with E-state index in [0.717, 1.165) is 42.4 Å². The highest BCUT2D eigenvalue weighted by molar-refractivity contribution is 6.30. The van der Waals surface area contributed by atoms with Gasteiger partial charge in [0.25, 0.3) is 0 Å². The Labute approximate surface area is 140 Å². The molecule has 0 aliphatic carbocycles. The Balaban J connectivity index is 1.54. The molecule has 4 nitrogen and oxygen atoms in total. The van der Waals surface area contributed by atoms with Gasteiger partial charge in [-0.15, -0.1) is 0 Å². The van der Waals surface area contributed by atoms with Crippen LogP contribution in [0.2, 0.25) is 5.02 Å². The van der Waals surface area contributed by atoms with Crippen molar-refractivity contribution in [1.82, 2.24) is 9.97 Å². The molecule has 23 heavy (non-hydrogen) atoms. The van der Waals surface area contributed by atoms with Crippen LogP contribution in [0.15, 0.2) is 55.0 Å². The molecule has 1 fully saturated rings. The summed E-state index contributed by atoms with van der Waals surface area (Å²) in [4.78, 5) is 13.5. The normalized spacial score (nSPS) is 15.2. The molecule has 0 unspecified atom stereocenters. The molecule has 4 rings (SSSR count). The van der Waals surface area contributed by atoms with Crippen LogP contribution in [0.1, 0.15) is 0 Å². The average molecular weight is 325 g/mol. The van der Waals surface area contributed by atoms with Crippen LogP contribution in [-0.4, -0.2) is 36.1 Å². The maximum absolute atomic E-state index is 5.97. The molecular formula is C18H17ClN4. The van der Waals surface area contributed by atoms with Crippen molar-refractivity contribution in [2.45, 2.75) is 0 Å². The first-order valence-electron chi connectivity index (χ1n) is 7.75. The molecule has 5 heteroatoms. The van der Waals surface area contributed by atoms with Gasteiger partial charge in [-0.1, -0.05) is 11.6 Å². The Morgan fingerprint density at radius 1 is 0.826 bits per heavy atom. The third-order valence-corrected chi connectivity index (χ3v) is 4.57. The van der Waals surface area contributed by atoms with Crippen molar-refractivity contribution in [3.63, 3.8) is 0 Å². The number of fused-ring (bicyclic) bond motifs is 1. The van der Waals surface area contributed by atoms with Gasteiger partial charge >= 0.3 is 0 Å². The van der Waals surface area contributed by atoms with Crippen LogP contribution < -0.4 is 9.80 Å². The fourth-order valence-electron chi connectivity index (χ4n) is 3.08. The maximum atomic E-state index is 5.97. The Morgan fingerprint density at radius 2 is 1.57 bits per heavy atom. The van der Waals surface area contributed by atoms with Crippen LogP contribution in [0.5, 0.6) is 0 Å². The van der Waals surface area contributed by atoms with Crippen molar-refractivity contribution in [2.24, 2.45) is 0 Å². The second-order valence-corrected chi connectivity index (χ2v) is 6.12. The van der Waals surface area contributed by atoms with Crippen molar-refractivity contribution in [2.75, 3.05) is 36.0 Å². The minimum absolute atomic E-state index is 0.779. The molecule has 0 spiro atoms. The van der Waals surface area contributed by atoms with Gasteiger partial charge in [-0.05, 0) is 36.4 Å². The van der Waals surface area contributed by atoms with Gasteiger partial charge in [-0.25, -0.2) is 4.98 Å². The monoisotopic (exact) mass is 324 g/mol. The molecule has 1 saturated heterocycles. The molecule has 2 aromatic heterocycles. The Hall–Kier alpha value is -2.33. The van der Waals surface area contributed by atoms with E-state index in [2.05, 4.69) is 31.9 Å². The predicted octanol–water partition coefficient (Wildman–Crippen LogP) is 3.61. The fourth-order valence-corrected chi connectivity index (χ4v) is 3.21. The standard InChI is InChI=1S/C18H17ClN4/c19-15-1-3-16(4-2-15)22-9-11-23(12-10-22)18-17-6-7-20-13-14(17)5-8-21-18/h1-8,13H,9-12H2. The highest BCUT2D eigenvalue weighted by Crippen LogP contribution is 2.26. The van der Waals surface area contributed by atoms with E-state index in [1.165, 1.54) is 11.1 Å². The van der Waals surface area contributed by atoms with Crippen molar-refractivity contribution >= 4 is 33.9 Å². The summed E-state index contributed by atoms with van der Waals surface area (Å²) in [6.45, 7) is 3.86. The lowest BCUT2D eigenvalue weighted by atomic mass is 10.2. The smallest absolute Gasteiger partial charge is 0.136 e. The number of hydrogen-bond donors (Lipinski definition) is 0. The molecule has 116 valence electrons. The zero-order valence-corrected chi connectivity index (χ0v) is 13.4. The molecule has 0 radical (unpaired) electrons. The van der Waals surface area contributed by atoms with E-state index in [9.17, 15) is 0 Å². The predicted molar refractivity (Wildman–Crippen MR) is 95.4 cm³/mol. The van der Waals surface area contributed by atoms with Crippen molar-refractivity contribution in [3.8, 4) is 0 Å². The van der Waals surface area contributed by atoms with Crippen LogP contribution >= 0.6 is 11.6 Å². The zero-order valence-electron chi connectivity index (χ0n) is 12.7. The summed E-state index contributed by atoms with van der Waals surface area (Å²) >= 11 is 5.97. The third kappa shape index (κ3) is 2.82. The van der Waals surface area contributed by atoms with Crippen molar-refractivity contribution in [3.05, 3.63) is 60.0 Å². The van der Waals surface area contributed by atoms with Gasteiger partial charge in [-0.3, -0.25) is 4.98 Å². The molecule has 1 aromatic carbocycles. The summed E-state index contributed by atoms with van der Waals surface area (Å²) in [6.07, 6.45) is 5.59. The van der Waals surface area contributed by atoms with E-state index in [1.54, 1.807) is 0 Å². The molecule has 3 heterocycles. The van der Waals surface area contributed by atoms with Gasteiger partial charge in [0, 0.05) is 66.3 Å². The molecule has 0 saturated carbocycles.